The Balaban J connectivity index is 1.77. The predicted octanol–water partition coefficient (Wildman–Crippen LogP) is 8.06. The average Bonchev–Trinajstić information content (AvgIpc) is 2.68. The first-order valence-electron chi connectivity index (χ1n) is 9.94. The van der Waals surface area contributed by atoms with E-state index in [-0.39, 0.29) is 11.6 Å². The quantitative estimate of drug-likeness (QED) is 0.272. The second-order valence-electron chi connectivity index (χ2n) is 7.22. The van der Waals surface area contributed by atoms with Crippen molar-refractivity contribution in [2.45, 2.75) is 51.8 Å². The van der Waals surface area contributed by atoms with Crippen LogP contribution < -0.4 is 4.74 Å². The van der Waals surface area contributed by atoms with Crippen LogP contribution in [0.5, 0.6) is 5.75 Å². The van der Waals surface area contributed by atoms with Crippen LogP contribution in [0.25, 0.3) is 21.9 Å². The minimum Gasteiger partial charge on any atom is -0.406 e. The normalized spacial score (nSPS) is 11.8. The van der Waals surface area contributed by atoms with E-state index in [1.165, 1.54) is 55.5 Å². The van der Waals surface area contributed by atoms with Gasteiger partial charge in [0.15, 0.2) is 0 Å². The minimum absolute atomic E-state index is 0.328. The third-order valence-electron chi connectivity index (χ3n) is 4.99. The fraction of sp³-hybridized carbons (Fsp3) is 0.333. The topological polar surface area (TPSA) is 9.23 Å². The fourth-order valence-corrected chi connectivity index (χ4v) is 3.49. The summed E-state index contributed by atoms with van der Waals surface area (Å²) in [4.78, 5) is 0. The highest BCUT2D eigenvalue weighted by Crippen LogP contribution is 2.32. The summed E-state index contributed by atoms with van der Waals surface area (Å²) in [6.45, 7) is 2.19. The Labute approximate surface area is 168 Å². The number of fused-ring (bicyclic) bond motifs is 1. The first kappa shape index (κ1) is 21.2. The Hall–Kier alpha value is -2.56. The lowest BCUT2D eigenvalue weighted by atomic mass is 9.97. The Kier molecular flexibility index (Phi) is 6.78. The van der Waals surface area contributed by atoms with Gasteiger partial charge in [-0.05, 0) is 41.5 Å². The first-order chi connectivity index (χ1) is 13.9. The third kappa shape index (κ3) is 5.72. The Morgan fingerprint density at radius 1 is 0.828 bits per heavy atom. The van der Waals surface area contributed by atoms with Crippen LogP contribution in [-0.2, 0) is 6.42 Å². The molecule has 3 aromatic carbocycles. The molecule has 0 saturated carbocycles. The van der Waals surface area contributed by atoms with Gasteiger partial charge in [-0.3, -0.25) is 0 Å². The molecule has 0 atom stereocenters. The average molecular weight is 404 g/mol. The van der Waals surface area contributed by atoms with Crippen LogP contribution in [0.3, 0.4) is 0 Å². The number of benzene rings is 3. The van der Waals surface area contributed by atoms with Crippen molar-refractivity contribution in [1.29, 1.82) is 0 Å². The minimum atomic E-state index is -4.75. The van der Waals surface area contributed by atoms with Gasteiger partial charge in [0.05, 0.1) is 0 Å². The molecular formula is C24H24F4O. The van der Waals surface area contributed by atoms with Gasteiger partial charge in [-0.25, -0.2) is 4.39 Å². The number of alkyl halides is 3. The van der Waals surface area contributed by atoms with E-state index in [2.05, 4.69) is 11.7 Å². The summed E-state index contributed by atoms with van der Waals surface area (Å²) in [6, 6.07) is 14.5. The van der Waals surface area contributed by atoms with Crippen molar-refractivity contribution in [3.63, 3.8) is 0 Å². The van der Waals surface area contributed by atoms with Crippen molar-refractivity contribution in [2.24, 2.45) is 0 Å². The van der Waals surface area contributed by atoms with Gasteiger partial charge in [0, 0.05) is 10.9 Å². The zero-order valence-electron chi connectivity index (χ0n) is 16.4. The monoisotopic (exact) mass is 404 g/mol. The standard InChI is InChI=1S/C24H24F4O/c1-2-3-4-5-6-7-17-8-14-22-19(16-17)11-15-21(23(22)25)18-9-12-20(13-10-18)29-24(26,27)28/h8-16H,2-7H2,1H3. The smallest absolute Gasteiger partial charge is 0.406 e. The number of aryl methyl sites for hydroxylation is 1. The SMILES string of the molecule is CCCCCCCc1ccc2c(F)c(-c3ccc(OC(F)(F)F)cc3)ccc2c1. The summed E-state index contributed by atoms with van der Waals surface area (Å²) in [6.07, 6.45) is 2.28. The van der Waals surface area contributed by atoms with E-state index in [1.54, 1.807) is 12.1 Å². The van der Waals surface area contributed by atoms with Gasteiger partial charge in [-0.1, -0.05) is 75.1 Å². The highest BCUT2D eigenvalue weighted by atomic mass is 19.4. The maximum Gasteiger partial charge on any atom is 0.573 e. The molecule has 5 heteroatoms. The molecule has 0 aliphatic carbocycles. The highest BCUT2D eigenvalue weighted by molar-refractivity contribution is 5.88. The molecule has 0 amide bonds. The number of hydrogen-bond donors (Lipinski definition) is 0. The molecule has 0 aliphatic heterocycles. The summed E-state index contributed by atoms with van der Waals surface area (Å²) >= 11 is 0. The van der Waals surface area contributed by atoms with Crippen molar-refractivity contribution in [3.05, 3.63) is 66.0 Å². The lowest BCUT2D eigenvalue weighted by molar-refractivity contribution is -0.274. The molecule has 154 valence electrons. The lowest BCUT2D eigenvalue weighted by Gasteiger charge is -2.11. The molecule has 0 saturated heterocycles. The van der Waals surface area contributed by atoms with Crippen LogP contribution in [0.1, 0.15) is 44.6 Å². The van der Waals surface area contributed by atoms with E-state index in [9.17, 15) is 13.2 Å². The second kappa shape index (κ2) is 9.29. The van der Waals surface area contributed by atoms with Crippen molar-refractivity contribution in [3.8, 4) is 16.9 Å². The van der Waals surface area contributed by atoms with E-state index >= 15 is 4.39 Å². The summed E-state index contributed by atoms with van der Waals surface area (Å²) in [5, 5.41) is 1.34. The molecule has 0 N–H and O–H groups in total. The van der Waals surface area contributed by atoms with E-state index in [0.29, 0.717) is 16.5 Å². The fourth-order valence-electron chi connectivity index (χ4n) is 3.49. The molecule has 0 bridgehead atoms. The maximum atomic E-state index is 15.0. The van der Waals surface area contributed by atoms with Crippen LogP contribution in [0, 0.1) is 5.82 Å². The van der Waals surface area contributed by atoms with Crippen LogP contribution in [0.2, 0.25) is 0 Å². The highest BCUT2D eigenvalue weighted by Gasteiger charge is 2.31. The molecule has 29 heavy (non-hydrogen) atoms. The maximum absolute atomic E-state index is 15.0. The molecule has 3 aromatic rings. The zero-order valence-corrected chi connectivity index (χ0v) is 16.4. The van der Waals surface area contributed by atoms with Gasteiger partial charge in [-0.2, -0.15) is 0 Å². The molecule has 0 fully saturated rings. The first-order valence-corrected chi connectivity index (χ1v) is 9.94. The van der Waals surface area contributed by atoms with Gasteiger partial charge in [0.2, 0.25) is 0 Å². The van der Waals surface area contributed by atoms with Crippen molar-refractivity contribution >= 4 is 10.8 Å². The summed E-state index contributed by atoms with van der Waals surface area (Å²) in [7, 11) is 0. The second-order valence-corrected chi connectivity index (χ2v) is 7.22. The number of rotatable bonds is 8. The van der Waals surface area contributed by atoms with E-state index < -0.39 is 6.36 Å². The summed E-state index contributed by atoms with van der Waals surface area (Å²) < 4.78 is 55.8. The Morgan fingerprint density at radius 3 is 2.24 bits per heavy atom. The molecule has 0 heterocycles. The molecule has 0 radical (unpaired) electrons. The number of hydrogen-bond acceptors (Lipinski definition) is 1. The number of halogens is 4. The van der Waals surface area contributed by atoms with E-state index in [0.717, 1.165) is 18.2 Å². The molecule has 3 rings (SSSR count). The molecule has 0 aliphatic rings. The van der Waals surface area contributed by atoms with Crippen molar-refractivity contribution in [2.75, 3.05) is 0 Å². The van der Waals surface area contributed by atoms with Crippen LogP contribution in [0.4, 0.5) is 17.6 Å². The molecule has 1 nitrogen and oxygen atoms in total. The van der Waals surface area contributed by atoms with Crippen LogP contribution >= 0.6 is 0 Å². The van der Waals surface area contributed by atoms with E-state index in [4.69, 9.17) is 0 Å². The Bertz CT molecular complexity index is 945. The van der Waals surface area contributed by atoms with Crippen molar-refractivity contribution in [1.82, 2.24) is 0 Å². The van der Waals surface area contributed by atoms with Gasteiger partial charge >= 0.3 is 6.36 Å². The van der Waals surface area contributed by atoms with Gasteiger partial charge < -0.3 is 4.74 Å². The molecule has 0 spiro atoms. The summed E-state index contributed by atoms with van der Waals surface area (Å²) in [5.41, 5.74) is 2.04. The van der Waals surface area contributed by atoms with Crippen LogP contribution in [-0.4, -0.2) is 6.36 Å². The van der Waals surface area contributed by atoms with Gasteiger partial charge in [0.25, 0.3) is 0 Å². The Morgan fingerprint density at radius 2 is 1.55 bits per heavy atom. The molecular weight excluding hydrogens is 380 g/mol. The number of unbranched alkanes of at least 4 members (excludes halogenated alkanes) is 4. The largest absolute Gasteiger partial charge is 0.573 e. The zero-order chi connectivity index (χ0) is 20.9. The number of ether oxygens (including phenoxy) is 1. The lowest BCUT2D eigenvalue weighted by Crippen LogP contribution is -2.16. The van der Waals surface area contributed by atoms with E-state index in [1.807, 2.05) is 18.2 Å². The van der Waals surface area contributed by atoms with Gasteiger partial charge in [0.1, 0.15) is 11.6 Å². The van der Waals surface area contributed by atoms with Gasteiger partial charge in [-0.15, -0.1) is 13.2 Å². The predicted molar refractivity (Wildman–Crippen MR) is 108 cm³/mol. The molecule has 0 aromatic heterocycles. The third-order valence-corrected chi connectivity index (χ3v) is 4.99. The molecule has 0 unspecified atom stereocenters. The summed E-state index contributed by atoms with van der Waals surface area (Å²) in [5.74, 6) is -0.701. The van der Waals surface area contributed by atoms with Crippen molar-refractivity contribution < 1.29 is 22.3 Å². The van der Waals surface area contributed by atoms with Crippen LogP contribution in [0.15, 0.2) is 54.6 Å².